The minimum absolute atomic E-state index is 0.155. The summed E-state index contributed by atoms with van der Waals surface area (Å²) in [6.45, 7) is 1.41. The highest BCUT2D eigenvalue weighted by Crippen LogP contribution is 2.17. The van der Waals surface area contributed by atoms with Crippen molar-refractivity contribution in [2.45, 2.75) is 20.0 Å². The molecule has 0 aliphatic carbocycles. The lowest BCUT2D eigenvalue weighted by molar-refractivity contribution is -0.385. The maximum absolute atomic E-state index is 12.4. The normalized spacial score (nSPS) is 10.6. The Bertz CT molecular complexity index is 1020. The van der Waals surface area contributed by atoms with Gasteiger partial charge in [-0.15, -0.1) is 0 Å². The summed E-state index contributed by atoms with van der Waals surface area (Å²) in [6.07, 6.45) is 4.02. The van der Waals surface area contributed by atoms with Crippen molar-refractivity contribution in [2.24, 2.45) is 7.05 Å². The SMILES string of the molecule is Cc1nn(CC(=O)Nc2cnn(C)c2C(=O)NCc2ccco2)cc1[N+](=O)[O-]. The summed E-state index contributed by atoms with van der Waals surface area (Å²) in [4.78, 5) is 35.0. The molecule has 2 amide bonds. The van der Waals surface area contributed by atoms with Crippen LogP contribution in [-0.4, -0.2) is 36.3 Å². The van der Waals surface area contributed by atoms with E-state index in [2.05, 4.69) is 20.8 Å². The summed E-state index contributed by atoms with van der Waals surface area (Å²) in [5.74, 6) is -0.375. The van der Waals surface area contributed by atoms with Crippen molar-refractivity contribution in [1.29, 1.82) is 0 Å². The van der Waals surface area contributed by atoms with Crippen LogP contribution in [0.3, 0.4) is 0 Å². The molecule has 3 aromatic heterocycles. The zero-order chi connectivity index (χ0) is 20.3. The van der Waals surface area contributed by atoms with E-state index in [0.717, 1.165) is 4.68 Å². The van der Waals surface area contributed by atoms with E-state index >= 15 is 0 Å². The van der Waals surface area contributed by atoms with Gasteiger partial charge in [0.15, 0.2) is 0 Å². The Labute approximate surface area is 158 Å². The first-order valence-corrected chi connectivity index (χ1v) is 8.16. The number of carbonyl (C=O) groups is 2. The Hall–Kier alpha value is -3.96. The molecule has 0 unspecified atom stereocenters. The lowest BCUT2D eigenvalue weighted by Crippen LogP contribution is -2.27. The second-order valence-corrected chi connectivity index (χ2v) is 5.90. The Morgan fingerprint density at radius 2 is 2.18 bits per heavy atom. The number of nitrogens with zero attached hydrogens (tertiary/aromatic N) is 5. The lowest BCUT2D eigenvalue weighted by atomic mass is 10.3. The van der Waals surface area contributed by atoms with Crippen molar-refractivity contribution in [2.75, 3.05) is 5.32 Å². The van der Waals surface area contributed by atoms with Gasteiger partial charge < -0.3 is 15.1 Å². The number of hydrogen-bond acceptors (Lipinski definition) is 7. The molecule has 28 heavy (non-hydrogen) atoms. The molecule has 0 fully saturated rings. The second-order valence-electron chi connectivity index (χ2n) is 5.90. The first kappa shape index (κ1) is 18.8. The van der Waals surface area contributed by atoms with Gasteiger partial charge in [0.05, 0.1) is 29.6 Å². The van der Waals surface area contributed by atoms with Crippen LogP contribution in [0.4, 0.5) is 11.4 Å². The minimum atomic E-state index is -0.570. The number of nitro groups is 1. The summed E-state index contributed by atoms with van der Waals surface area (Å²) < 4.78 is 7.65. The molecule has 0 saturated heterocycles. The van der Waals surface area contributed by atoms with Gasteiger partial charge in [0.25, 0.3) is 5.91 Å². The van der Waals surface area contributed by atoms with Crippen molar-refractivity contribution in [3.05, 3.63) is 58.1 Å². The average Bonchev–Trinajstić information content (AvgIpc) is 3.34. The molecule has 0 aromatic carbocycles. The standard InChI is InChI=1S/C16H17N7O5/c1-10-13(23(26)27)8-22(20-10)9-14(24)19-12-7-18-21(2)15(12)16(25)17-6-11-4-3-5-28-11/h3-5,7-8H,6,9H2,1-2H3,(H,17,25)(H,19,24). The summed E-state index contributed by atoms with van der Waals surface area (Å²) in [5, 5.41) is 24.1. The summed E-state index contributed by atoms with van der Waals surface area (Å²) in [7, 11) is 1.57. The van der Waals surface area contributed by atoms with E-state index in [9.17, 15) is 19.7 Å². The maximum atomic E-state index is 12.4. The highest BCUT2D eigenvalue weighted by molar-refractivity contribution is 6.02. The largest absolute Gasteiger partial charge is 0.467 e. The molecule has 146 valence electrons. The third-order valence-electron chi connectivity index (χ3n) is 3.85. The molecule has 0 aliphatic heterocycles. The number of rotatable bonds is 7. The Morgan fingerprint density at radius 1 is 1.39 bits per heavy atom. The molecule has 0 radical (unpaired) electrons. The van der Waals surface area contributed by atoms with Gasteiger partial charge in [-0.05, 0) is 19.1 Å². The number of nitrogens with one attached hydrogen (secondary N) is 2. The topological polar surface area (TPSA) is 150 Å². The van der Waals surface area contributed by atoms with Crippen molar-refractivity contribution in [3.8, 4) is 0 Å². The quantitative estimate of drug-likeness (QED) is 0.453. The molecule has 12 heteroatoms. The fourth-order valence-corrected chi connectivity index (χ4v) is 2.57. The first-order valence-electron chi connectivity index (χ1n) is 8.16. The fraction of sp³-hybridized carbons (Fsp3) is 0.250. The number of hydrogen-bond donors (Lipinski definition) is 2. The highest BCUT2D eigenvalue weighted by Gasteiger charge is 2.20. The summed E-state index contributed by atoms with van der Waals surface area (Å²) in [5.41, 5.74) is 0.398. The predicted molar refractivity (Wildman–Crippen MR) is 95.3 cm³/mol. The molecule has 3 rings (SSSR count). The zero-order valence-corrected chi connectivity index (χ0v) is 15.1. The number of anilines is 1. The first-order chi connectivity index (χ1) is 13.3. The van der Waals surface area contributed by atoms with Gasteiger partial charge in [-0.3, -0.25) is 29.1 Å². The average molecular weight is 387 g/mol. The van der Waals surface area contributed by atoms with Gasteiger partial charge in [0, 0.05) is 7.05 Å². The van der Waals surface area contributed by atoms with Crippen LogP contribution in [0, 0.1) is 17.0 Å². The molecule has 2 N–H and O–H groups in total. The van der Waals surface area contributed by atoms with E-state index in [-0.39, 0.29) is 35.9 Å². The number of aromatic nitrogens is 4. The summed E-state index contributed by atoms with van der Waals surface area (Å²) in [6, 6.07) is 3.43. The number of furan rings is 1. The smallest absolute Gasteiger partial charge is 0.309 e. The molecule has 0 atom stereocenters. The number of carbonyl (C=O) groups excluding carboxylic acids is 2. The van der Waals surface area contributed by atoms with Gasteiger partial charge in [0.1, 0.15) is 29.9 Å². The number of amides is 2. The maximum Gasteiger partial charge on any atom is 0.309 e. The molecule has 0 saturated carbocycles. The van der Waals surface area contributed by atoms with Gasteiger partial charge in [-0.25, -0.2) is 0 Å². The van der Waals surface area contributed by atoms with Crippen LogP contribution < -0.4 is 10.6 Å². The Balaban J connectivity index is 1.67. The van der Waals surface area contributed by atoms with E-state index in [1.165, 1.54) is 30.3 Å². The highest BCUT2D eigenvalue weighted by atomic mass is 16.6. The Morgan fingerprint density at radius 3 is 2.82 bits per heavy atom. The van der Waals surface area contributed by atoms with Crippen LogP contribution >= 0.6 is 0 Å². The Kier molecular flexibility index (Phi) is 5.20. The molecular formula is C16H17N7O5. The molecule has 0 aliphatic rings. The molecule has 12 nitrogen and oxygen atoms in total. The molecule has 0 spiro atoms. The molecule has 3 heterocycles. The molecule has 3 aromatic rings. The monoisotopic (exact) mass is 387 g/mol. The van der Waals surface area contributed by atoms with Gasteiger partial charge in [0.2, 0.25) is 5.91 Å². The third-order valence-corrected chi connectivity index (χ3v) is 3.85. The number of aryl methyl sites for hydroxylation is 2. The van der Waals surface area contributed by atoms with Crippen LogP contribution in [0.2, 0.25) is 0 Å². The van der Waals surface area contributed by atoms with Crippen molar-refractivity contribution in [1.82, 2.24) is 24.9 Å². The minimum Gasteiger partial charge on any atom is -0.467 e. The summed E-state index contributed by atoms with van der Waals surface area (Å²) >= 11 is 0. The van der Waals surface area contributed by atoms with Gasteiger partial charge in [-0.2, -0.15) is 10.2 Å². The van der Waals surface area contributed by atoms with Crippen molar-refractivity contribution < 1.29 is 18.9 Å². The van der Waals surface area contributed by atoms with E-state index < -0.39 is 16.7 Å². The van der Waals surface area contributed by atoms with Crippen LogP contribution in [0.5, 0.6) is 0 Å². The fourth-order valence-electron chi connectivity index (χ4n) is 2.57. The van der Waals surface area contributed by atoms with E-state index in [4.69, 9.17) is 4.42 Å². The van der Waals surface area contributed by atoms with Crippen molar-refractivity contribution in [3.63, 3.8) is 0 Å². The van der Waals surface area contributed by atoms with Gasteiger partial charge in [-0.1, -0.05) is 0 Å². The van der Waals surface area contributed by atoms with E-state index in [0.29, 0.717) is 5.76 Å². The molecule has 0 bridgehead atoms. The predicted octanol–water partition coefficient (Wildman–Crippen LogP) is 0.995. The third kappa shape index (κ3) is 4.06. The second kappa shape index (κ2) is 7.73. The molecular weight excluding hydrogens is 370 g/mol. The van der Waals surface area contributed by atoms with Gasteiger partial charge >= 0.3 is 5.69 Å². The zero-order valence-electron chi connectivity index (χ0n) is 15.1. The van der Waals surface area contributed by atoms with E-state index in [1.807, 2.05) is 0 Å². The van der Waals surface area contributed by atoms with Crippen LogP contribution in [0.1, 0.15) is 21.9 Å². The van der Waals surface area contributed by atoms with E-state index in [1.54, 1.807) is 19.2 Å². The van der Waals surface area contributed by atoms with Crippen LogP contribution in [0.25, 0.3) is 0 Å². The lowest BCUT2D eigenvalue weighted by Gasteiger charge is -2.08. The van der Waals surface area contributed by atoms with Crippen LogP contribution in [0.15, 0.2) is 35.2 Å². The van der Waals surface area contributed by atoms with Crippen LogP contribution in [-0.2, 0) is 24.9 Å². The van der Waals surface area contributed by atoms with Crippen molar-refractivity contribution >= 4 is 23.2 Å².